The number of anilines is 1. The number of hydrogen-bond donors (Lipinski definition) is 4. The van der Waals surface area contributed by atoms with Crippen molar-refractivity contribution in [1.29, 1.82) is 0 Å². The Labute approximate surface area is 218 Å². The van der Waals surface area contributed by atoms with E-state index in [1.807, 2.05) is 37.3 Å². The Hall–Kier alpha value is -4.59. The Morgan fingerprint density at radius 2 is 1.76 bits per heavy atom. The van der Waals surface area contributed by atoms with Crippen LogP contribution in [0.2, 0.25) is 0 Å². The highest BCUT2D eigenvalue weighted by Crippen LogP contribution is 2.56. The molecule has 3 aromatic carbocycles. The standard InChI is InChI=1S/C28H23N3O5S/c1-3-4-25(33)29-11-12-30-27(37)31-17-6-9-20-19(14-17)26(34)36-28(20)21-8-5-16(2)13-23(21)35-24-15-18(32)7-10-22(24)28/h4-10,13-15,32H,1,11-12H2,2H3,(H,29,33)(H2,30,31,37). The van der Waals surface area contributed by atoms with Crippen LogP contribution in [-0.2, 0) is 15.1 Å². The summed E-state index contributed by atoms with van der Waals surface area (Å²) in [4.78, 5) is 24.6. The van der Waals surface area contributed by atoms with E-state index >= 15 is 0 Å². The smallest absolute Gasteiger partial charge is 0.340 e. The Kier molecular flexibility index (Phi) is 6.17. The van der Waals surface area contributed by atoms with Crippen molar-refractivity contribution in [2.24, 2.45) is 0 Å². The molecule has 2 aliphatic heterocycles. The normalized spacial score (nSPS) is 16.3. The highest BCUT2D eigenvalue weighted by atomic mass is 32.1. The van der Waals surface area contributed by atoms with Crippen molar-refractivity contribution in [3.05, 3.63) is 101 Å². The van der Waals surface area contributed by atoms with E-state index in [-0.39, 0.29) is 11.7 Å². The summed E-state index contributed by atoms with van der Waals surface area (Å²) >= 11 is 5.35. The van der Waals surface area contributed by atoms with Crippen LogP contribution >= 0.6 is 12.2 Å². The lowest BCUT2D eigenvalue weighted by atomic mass is 9.77. The number of rotatable bonds is 5. The molecule has 2 heterocycles. The number of carbonyl (C=O) groups excluding carboxylic acids is 2. The molecule has 1 atom stereocenters. The molecule has 0 saturated heterocycles. The van der Waals surface area contributed by atoms with Gasteiger partial charge >= 0.3 is 5.97 Å². The monoisotopic (exact) mass is 513 g/mol. The number of amides is 1. The number of carbonyl (C=O) groups is 2. The number of aryl methyl sites for hydroxylation is 1. The number of phenols is 1. The highest BCUT2D eigenvalue weighted by molar-refractivity contribution is 7.80. The summed E-state index contributed by atoms with van der Waals surface area (Å²) in [5.41, 5.74) is 5.17. The fraction of sp³-hybridized carbons (Fsp3) is 0.143. The first-order valence-corrected chi connectivity index (χ1v) is 11.9. The summed E-state index contributed by atoms with van der Waals surface area (Å²) in [6.07, 6.45) is 1.21. The van der Waals surface area contributed by atoms with Crippen molar-refractivity contribution < 1.29 is 24.2 Å². The van der Waals surface area contributed by atoms with Gasteiger partial charge in [-0.15, -0.1) is 5.73 Å². The first-order valence-electron chi connectivity index (χ1n) is 11.5. The van der Waals surface area contributed by atoms with Crippen molar-refractivity contribution in [3.8, 4) is 17.2 Å². The van der Waals surface area contributed by atoms with Crippen LogP contribution in [0, 0.1) is 6.92 Å². The fourth-order valence-electron chi connectivity index (χ4n) is 4.58. The van der Waals surface area contributed by atoms with Crippen molar-refractivity contribution in [1.82, 2.24) is 10.6 Å². The van der Waals surface area contributed by atoms with Crippen LogP contribution in [0.5, 0.6) is 17.2 Å². The van der Waals surface area contributed by atoms with Crippen LogP contribution in [0.25, 0.3) is 0 Å². The van der Waals surface area contributed by atoms with Gasteiger partial charge in [0.25, 0.3) is 5.91 Å². The third kappa shape index (κ3) is 4.31. The highest BCUT2D eigenvalue weighted by Gasteiger charge is 2.53. The van der Waals surface area contributed by atoms with Crippen molar-refractivity contribution in [2.75, 3.05) is 18.4 Å². The van der Waals surface area contributed by atoms with Crippen molar-refractivity contribution in [3.63, 3.8) is 0 Å². The molecule has 0 saturated carbocycles. The predicted molar refractivity (Wildman–Crippen MR) is 142 cm³/mol. The van der Waals surface area contributed by atoms with Gasteiger partial charge in [0.05, 0.1) is 5.56 Å². The van der Waals surface area contributed by atoms with E-state index in [9.17, 15) is 14.7 Å². The van der Waals surface area contributed by atoms with Crippen LogP contribution < -0.4 is 20.7 Å². The molecule has 1 unspecified atom stereocenters. The third-order valence-corrected chi connectivity index (χ3v) is 6.39. The van der Waals surface area contributed by atoms with Gasteiger partial charge < -0.3 is 30.5 Å². The van der Waals surface area contributed by atoms with E-state index in [2.05, 4.69) is 28.3 Å². The maximum absolute atomic E-state index is 13.2. The second-order valence-corrected chi connectivity index (χ2v) is 9.04. The Morgan fingerprint density at radius 1 is 1.05 bits per heavy atom. The Morgan fingerprint density at radius 3 is 2.54 bits per heavy atom. The SMILES string of the molecule is C=C=CC(=O)NCCNC(=S)Nc1ccc2c(c1)C(=O)OC21c2ccc(C)cc2Oc2cc(O)ccc21. The molecular weight excluding hydrogens is 490 g/mol. The Balaban J connectivity index is 1.44. The van der Waals surface area contributed by atoms with Crippen molar-refractivity contribution in [2.45, 2.75) is 12.5 Å². The molecule has 0 radical (unpaired) electrons. The second-order valence-electron chi connectivity index (χ2n) is 8.63. The molecule has 2 aliphatic rings. The average molecular weight is 514 g/mol. The minimum atomic E-state index is -1.22. The van der Waals surface area contributed by atoms with Gasteiger partial charge in [-0.05, 0) is 55.0 Å². The van der Waals surface area contributed by atoms with Crippen LogP contribution in [0.4, 0.5) is 5.69 Å². The molecule has 4 N–H and O–H groups in total. The molecule has 0 aliphatic carbocycles. The van der Waals surface area contributed by atoms with Crippen molar-refractivity contribution >= 4 is 34.9 Å². The van der Waals surface area contributed by atoms with E-state index < -0.39 is 11.6 Å². The minimum absolute atomic E-state index is 0.0480. The van der Waals surface area contributed by atoms with Crippen LogP contribution in [-0.4, -0.2) is 35.2 Å². The summed E-state index contributed by atoms with van der Waals surface area (Å²) in [7, 11) is 0. The van der Waals surface area contributed by atoms with Gasteiger partial charge in [-0.25, -0.2) is 4.79 Å². The fourth-order valence-corrected chi connectivity index (χ4v) is 4.80. The first kappa shape index (κ1) is 24.1. The predicted octanol–water partition coefficient (Wildman–Crippen LogP) is 4.01. The molecule has 8 nitrogen and oxygen atoms in total. The van der Waals surface area contributed by atoms with Crippen LogP contribution in [0.3, 0.4) is 0 Å². The molecular formula is C28H23N3O5S. The minimum Gasteiger partial charge on any atom is -0.508 e. The second kappa shape index (κ2) is 9.46. The van der Waals surface area contributed by atoms with E-state index in [1.54, 1.807) is 18.2 Å². The van der Waals surface area contributed by atoms with Crippen LogP contribution in [0.1, 0.15) is 32.6 Å². The number of nitrogens with one attached hydrogen (secondary N) is 3. The van der Waals surface area contributed by atoms with E-state index in [4.69, 9.17) is 21.7 Å². The number of hydrogen-bond acceptors (Lipinski definition) is 6. The molecule has 1 spiro atoms. The summed E-state index contributed by atoms with van der Waals surface area (Å²) < 4.78 is 12.2. The lowest BCUT2D eigenvalue weighted by Gasteiger charge is -2.36. The number of phenolic OH excluding ortho intramolecular Hbond substituents is 1. The topological polar surface area (TPSA) is 109 Å². The largest absolute Gasteiger partial charge is 0.508 e. The lowest BCUT2D eigenvalue weighted by molar-refractivity contribution is -0.116. The van der Waals surface area contributed by atoms with Gasteiger partial charge in [0.2, 0.25) is 0 Å². The number of esters is 1. The van der Waals surface area contributed by atoms with Gasteiger partial charge in [0, 0.05) is 47.6 Å². The maximum atomic E-state index is 13.2. The Bertz CT molecular complexity index is 1460. The van der Waals surface area contributed by atoms with E-state index in [0.717, 1.165) is 5.56 Å². The summed E-state index contributed by atoms with van der Waals surface area (Å²) in [5, 5.41) is 19.1. The maximum Gasteiger partial charge on any atom is 0.340 e. The molecule has 5 rings (SSSR count). The number of thiocarbonyl (C=S) groups is 1. The summed E-state index contributed by atoms with van der Waals surface area (Å²) in [6, 6.07) is 15.8. The summed E-state index contributed by atoms with van der Waals surface area (Å²) in [6.45, 7) is 6.06. The van der Waals surface area contributed by atoms with E-state index in [1.165, 1.54) is 12.1 Å². The first-order chi connectivity index (χ1) is 17.8. The van der Waals surface area contributed by atoms with Gasteiger partial charge in [-0.3, -0.25) is 4.79 Å². The van der Waals surface area contributed by atoms with E-state index in [0.29, 0.717) is 57.6 Å². The van der Waals surface area contributed by atoms with Gasteiger partial charge in [0.1, 0.15) is 17.2 Å². The molecule has 0 fully saturated rings. The number of benzene rings is 3. The zero-order chi connectivity index (χ0) is 26.2. The number of ether oxygens (including phenoxy) is 2. The molecule has 9 heteroatoms. The third-order valence-electron chi connectivity index (χ3n) is 6.15. The molecule has 186 valence electrons. The van der Waals surface area contributed by atoms with Gasteiger partial charge in [0.15, 0.2) is 10.7 Å². The molecule has 3 aromatic rings. The number of aromatic hydroxyl groups is 1. The molecule has 1 amide bonds. The van der Waals surface area contributed by atoms with Gasteiger partial charge in [-0.2, -0.15) is 0 Å². The lowest BCUT2D eigenvalue weighted by Crippen LogP contribution is -2.36. The van der Waals surface area contributed by atoms with Gasteiger partial charge in [-0.1, -0.05) is 24.8 Å². The van der Waals surface area contributed by atoms with Crippen LogP contribution in [0.15, 0.2) is 73.0 Å². The quantitative estimate of drug-likeness (QED) is 0.133. The zero-order valence-corrected chi connectivity index (χ0v) is 20.7. The number of fused-ring (bicyclic) bond motifs is 6. The zero-order valence-electron chi connectivity index (χ0n) is 19.9. The summed E-state index contributed by atoms with van der Waals surface area (Å²) in [5.74, 6) is 0.252. The molecule has 37 heavy (non-hydrogen) atoms. The molecule has 0 aromatic heterocycles. The molecule has 0 bridgehead atoms. The average Bonchev–Trinajstić information content (AvgIpc) is 3.14.